The van der Waals surface area contributed by atoms with E-state index in [1.165, 1.54) is 89.9 Å². The molecular weight excluding hydrogens is 715 g/mol. The fraction of sp³-hybridized carbons (Fsp3) is 0.959. The van der Waals surface area contributed by atoms with Gasteiger partial charge in [-0.2, -0.15) is 0 Å². The van der Waals surface area contributed by atoms with Crippen LogP contribution in [0.1, 0.15) is 228 Å². The normalized spacial score (nSPS) is 13.8. The molecule has 340 valence electrons. The maximum absolute atomic E-state index is 12.6. The summed E-state index contributed by atoms with van der Waals surface area (Å²) in [5, 5.41) is 9.60. The number of hydrogen-bond acceptors (Lipinski definition) is 8. The van der Waals surface area contributed by atoms with Crippen LogP contribution in [0, 0.1) is 17.8 Å². The molecular formula is C49H97NO7. The van der Waals surface area contributed by atoms with Crippen LogP contribution >= 0.6 is 0 Å². The molecule has 0 aliphatic rings. The lowest BCUT2D eigenvalue weighted by molar-refractivity contribution is -0.171. The molecule has 0 aromatic carbocycles. The number of unbranched alkanes of at least 4 members (excludes halogenated alkanes) is 15. The fourth-order valence-electron chi connectivity index (χ4n) is 7.51. The Balaban J connectivity index is 4.36. The number of carbonyl (C=O) groups is 2. The third kappa shape index (κ3) is 36.4. The van der Waals surface area contributed by atoms with E-state index in [0.29, 0.717) is 70.0 Å². The summed E-state index contributed by atoms with van der Waals surface area (Å²) in [5.41, 5.74) is 0. The number of carbonyl (C=O) groups excluding carboxylic acids is 2. The molecule has 8 nitrogen and oxygen atoms in total. The van der Waals surface area contributed by atoms with Crippen molar-refractivity contribution in [1.82, 2.24) is 4.90 Å². The Hall–Kier alpha value is -1.22. The first-order valence-electron chi connectivity index (χ1n) is 24.7. The summed E-state index contributed by atoms with van der Waals surface area (Å²) in [6.45, 7) is 18.5. The lowest BCUT2D eigenvalue weighted by Crippen LogP contribution is -2.29. The number of esters is 2. The summed E-state index contributed by atoms with van der Waals surface area (Å²) in [5.74, 6) is 1.41. The van der Waals surface area contributed by atoms with Crippen LogP contribution in [-0.4, -0.2) is 80.9 Å². The van der Waals surface area contributed by atoms with Crippen LogP contribution in [0.2, 0.25) is 0 Å². The van der Waals surface area contributed by atoms with Crippen LogP contribution in [0.3, 0.4) is 0 Å². The first kappa shape index (κ1) is 55.8. The largest absolute Gasteiger partial charge is 0.465 e. The van der Waals surface area contributed by atoms with E-state index in [0.717, 1.165) is 90.1 Å². The first-order valence-corrected chi connectivity index (χ1v) is 24.7. The molecule has 57 heavy (non-hydrogen) atoms. The van der Waals surface area contributed by atoms with Gasteiger partial charge in [0, 0.05) is 25.8 Å². The molecule has 8 heteroatoms. The third-order valence-electron chi connectivity index (χ3n) is 11.9. The Morgan fingerprint density at radius 3 is 1.32 bits per heavy atom. The quantitative estimate of drug-likeness (QED) is 0.0369. The van der Waals surface area contributed by atoms with Gasteiger partial charge in [-0.1, -0.05) is 164 Å². The highest BCUT2D eigenvalue weighted by atomic mass is 16.7. The molecule has 0 saturated heterocycles. The van der Waals surface area contributed by atoms with Crippen molar-refractivity contribution in [3.63, 3.8) is 0 Å². The number of ether oxygens (including phenoxy) is 4. The maximum atomic E-state index is 12.6. The number of rotatable bonds is 45. The van der Waals surface area contributed by atoms with Gasteiger partial charge in [0.1, 0.15) is 0 Å². The summed E-state index contributed by atoms with van der Waals surface area (Å²) >= 11 is 0. The predicted molar refractivity (Wildman–Crippen MR) is 240 cm³/mol. The molecule has 0 aromatic rings. The summed E-state index contributed by atoms with van der Waals surface area (Å²) in [6, 6.07) is 0. The molecule has 0 amide bonds. The molecule has 0 aliphatic carbocycles. The number of hydrogen-bond donors (Lipinski definition) is 1. The average Bonchev–Trinajstić information content (AvgIpc) is 3.21. The van der Waals surface area contributed by atoms with Crippen LogP contribution in [0.5, 0.6) is 0 Å². The van der Waals surface area contributed by atoms with E-state index in [4.69, 9.17) is 18.9 Å². The first-order chi connectivity index (χ1) is 27.9. The van der Waals surface area contributed by atoms with E-state index in [1.807, 2.05) is 0 Å². The second-order valence-electron chi connectivity index (χ2n) is 17.1. The van der Waals surface area contributed by atoms with Crippen molar-refractivity contribution in [2.45, 2.75) is 234 Å². The van der Waals surface area contributed by atoms with Crippen molar-refractivity contribution in [3.05, 3.63) is 0 Å². The van der Waals surface area contributed by atoms with E-state index < -0.39 is 0 Å². The van der Waals surface area contributed by atoms with Gasteiger partial charge in [0.05, 0.1) is 33.0 Å². The summed E-state index contributed by atoms with van der Waals surface area (Å²) in [6.07, 6.45) is 31.4. The fourth-order valence-corrected chi connectivity index (χ4v) is 7.51. The molecule has 0 aliphatic heterocycles. The molecule has 0 fully saturated rings. The standard InChI is InChI=1S/C49H97NO7/c1-7-13-16-23-30-44(10-4)41-55-48(53)34-26-20-19-21-28-36-50(38-39-51)37-29-22-27-33-47(52)54-40-35-49(56-42-45(11-5)31-24-17-14-8-2)57-43-46(12-6)32-25-18-15-9-3/h44-46,49,51H,7-43H2,1-6H3. The number of aliphatic hydroxyl groups is 1. The van der Waals surface area contributed by atoms with E-state index in [2.05, 4.69) is 46.4 Å². The summed E-state index contributed by atoms with van der Waals surface area (Å²) in [7, 11) is 0. The average molecular weight is 812 g/mol. The van der Waals surface area contributed by atoms with Gasteiger partial charge >= 0.3 is 11.9 Å². The van der Waals surface area contributed by atoms with Crippen molar-refractivity contribution >= 4 is 11.9 Å². The van der Waals surface area contributed by atoms with Gasteiger partial charge in [0.2, 0.25) is 0 Å². The zero-order valence-electron chi connectivity index (χ0n) is 38.8. The van der Waals surface area contributed by atoms with Gasteiger partial charge < -0.3 is 29.0 Å². The molecule has 0 spiro atoms. The Morgan fingerprint density at radius 2 is 0.860 bits per heavy atom. The second-order valence-corrected chi connectivity index (χ2v) is 17.1. The van der Waals surface area contributed by atoms with Crippen molar-refractivity contribution < 1.29 is 33.6 Å². The number of aliphatic hydroxyl groups excluding tert-OH is 1. The minimum atomic E-state index is -0.332. The summed E-state index contributed by atoms with van der Waals surface area (Å²) < 4.78 is 24.0. The lowest BCUT2D eigenvalue weighted by Gasteiger charge is -2.24. The molecule has 0 heterocycles. The van der Waals surface area contributed by atoms with E-state index in [-0.39, 0.29) is 24.8 Å². The topological polar surface area (TPSA) is 94.5 Å². The highest BCUT2D eigenvalue weighted by Gasteiger charge is 2.18. The molecule has 3 atom stereocenters. The van der Waals surface area contributed by atoms with Gasteiger partial charge in [-0.15, -0.1) is 0 Å². The molecule has 0 radical (unpaired) electrons. The minimum absolute atomic E-state index is 0.0411. The van der Waals surface area contributed by atoms with E-state index in [1.54, 1.807) is 0 Å². The van der Waals surface area contributed by atoms with E-state index in [9.17, 15) is 14.7 Å². The Labute approximate surface area is 354 Å². The Morgan fingerprint density at radius 1 is 0.456 bits per heavy atom. The van der Waals surface area contributed by atoms with Crippen LogP contribution in [-0.2, 0) is 28.5 Å². The molecule has 1 N–H and O–H groups in total. The maximum Gasteiger partial charge on any atom is 0.305 e. The van der Waals surface area contributed by atoms with Crippen molar-refractivity contribution in [3.8, 4) is 0 Å². The van der Waals surface area contributed by atoms with Crippen LogP contribution < -0.4 is 0 Å². The molecule has 0 saturated carbocycles. The SMILES string of the molecule is CCCCCCC(CC)COC(=O)CCCCCCCN(CCO)CCCCCC(=O)OCCC(OCC(CC)CCCCCC)OCC(CC)CCCCCC. The predicted octanol–water partition coefficient (Wildman–Crippen LogP) is 13.0. The molecule has 0 rings (SSSR count). The van der Waals surface area contributed by atoms with Gasteiger partial charge in [0.15, 0.2) is 6.29 Å². The van der Waals surface area contributed by atoms with Gasteiger partial charge in [-0.25, -0.2) is 0 Å². The molecule has 3 unspecified atom stereocenters. The zero-order valence-corrected chi connectivity index (χ0v) is 38.8. The molecule has 0 bridgehead atoms. The highest BCUT2D eigenvalue weighted by molar-refractivity contribution is 5.69. The second kappa shape index (κ2) is 42.9. The van der Waals surface area contributed by atoms with Gasteiger partial charge in [0.25, 0.3) is 0 Å². The summed E-state index contributed by atoms with van der Waals surface area (Å²) in [4.78, 5) is 27.2. The van der Waals surface area contributed by atoms with Crippen molar-refractivity contribution in [2.24, 2.45) is 17.8 Å². The Bertz CT molecular complexity index is 834. The van der Waals surface area contributed by atoms with E-state index >= 15 is 0 Å². The number of nitrogens with zero attached hydrogens (tertiary/aromatic N) is 1. The van der Waals surface area contributed by atoms with Crippen molar-refractivity contribution in [2.75, 3.05) is 52.7 Å². The molecule has 0 aromatic heterocycles. The highest BCUT2D eigenvalue weighted by Crippen LogP contribution is 2.20. The van der Waals surface area contributed by atoms with Crippen LogP contribution in [0.25, 0.3) is 0 Å². The smallest absolute Gasteiger partial charge is 0.305 e. The monoisotopic (exact) mass is 812 g/mol. The zero-order chi connectivity index (χ0) is 42.0. The third-order valence-corrected chi connectivity index (χ3v) is 11.9. The van der Waals surface area contributed by atoms with Crippen molar-refractivity contribution in [1.29, 1.82) is 0 Å². The Kier molecular flexibility index (Phi) is 42.0. The van der Waals surface area contributed by atoms with Crippen LogP contribution in [0.4, 0.5) is 0 Å². The van der Waals surface area contributed by atoms with Gasteiger partial charge in [-0.3, -0.25) is 9.59 Å². The lowest BCUT2D eigenvalue weighted by atomic mass is 9.99. The van der Waals surface area contributed by atoms with Gasteiger partial charge in [-0.05, 0) is 75.8 Å². The minimum Gasteiger partial charge on any atom is -0.465 e. The van der Waals surface area contributed by atoms with Crippen LogP contribution in [0.15, 0.2) is 0 Å².